The molecule has 0 spiro atoms. The predicted octanol–water partition coefficient (Wildman–Crippen LogP) is 5.44. The van der Waals surface area contributed by atoms with Gasteiger partial charge in [-0.3, -0.25) is 9.78 Å². The first-order chi connectivity index (χ1) is 15.3. The van der Waals surface area contributed by atoms with Crippen molar-refractivity contribution in [1.82, 2.24) is 4.98 Å². The third kappa shape index (κ3) is 4.36. The van der Waals surface area contributed by atoms with Crippen LogP contribution in [0.1, 0.15) is 18.1 Å². The molecule has 0 saturated heterocycles. The van der Waals surface area contributed by atoms with Crippen molar-refractivity contribution in [2.45, 2.75) is 20.3 Å². The Morgan fingerprint density at radius 3 is 2.81 bits per heavy atom. The summed E-state index contributed by atoms with van der Waals surface area (Å²) in [6.45, 7) is 7.71. The number of halogens is 1. The number of carbonyl (C=O) groups excluding carboxylic acids is 1. The molecule has 2 aromatic carbocycles. The summed E-state index contributed by atoms with van der Waals surface area (Å²) in [4.78, 5) is 29.7. The quantitative estimate of drug-likeness (QED) is 0.314. The summed E-state index contributed by atoms with van der Waals surface area (Å²) in [5.74, 6) is 0.0726. The molecule has 1 amide bonds. The van der Waals surface area contributed by atoms with E-state index in [4.69, 9.17) is 20.8 Å². The maximum absolute atomic E-state index is 12.8. The summed E-state index contributed by atoms with van der Waals surface area (Å²) in [6, 6.07) is 12.4. The van der Waals surface area contributed by atoms with E-state index in [0.717, 1.165) is 16.5 Å². The van der Waals surface area contributed by atoms with Gasteiger partial charge in [0.2, 0.25) is 5.91 Å². The third-order valence-corrected chi connectivity index (χ3v) is 5.37. The molecule has 6 nitrogen and oxygen atoms in total. The zero-order valence-corrected chi connectivity index (χ0v) is 18.5. The highest BCUT2D eigenvalue weighted by molar-refractivity contribution is 6.32. The van der Waals surface area contributed by atoms with Crippen LogP contribution in [0.25, 0.3) is 21.9 Å². The monoisotopic (exact) mass is 448 g/mol. The Kier molecular flexibility index (Phi) is 5.97. The van der Waals surface area contributed by atoms with Crippen LogP contribution in [0.3, 0.4) is 0 Å². The number of aromatic nitrogens is 1. The van der Waals surface area contributed by atoms with Crippen molar-refractivity contribution in [1.29, 1.82) is 0 Å². The molecular weight excluding hydrogens is 428 g/mol. The van der Waals surface area contributed by atoms with Gasteiger partial charge < -0.3 is 14.5 Å². The minimum atomic E-state index is -0.571. The average molecular weight is 449 g/mol. The van der Waals surface area contributed by atoms with Gasteiger partial charge in [-0.1, -0.05) is 24.2 Å². The van der Waals surface area contributed by atoms with E-state index in [-0.39, 0.29) is 17.9 Å². The summed E-state index contributed by atoms with van der Waals surface area (Å²) >= 11 is 6.36. The minimum Gasteiger partial charge on any atom is -0.488 e. The number of amides is 1. The Bertz CT molecular complexity index is 1420. The van der Waals surface area contributed by atoms with Gasteiger partial charge in [-0.25, -0.2) is 4.79 Å². The Balaban J connectivity index is 1.64. The van der Waals surface area contributed by atoms with Gasteiger partial charge in [0.1, 0.15) is 17.9 Å². The van der Waals surface area contributed by atoms with E-state index < -0.39 is 5.63 Å². The van der Waals surface area contributed by atoms with Crippen LogP contribution in [-0.2, 0) is 11.2 Å². The zero-order valence-electron chi connectivity index (χ0n) is 17.7. The van der Waals surface area contributed by atoms with Gasteiger partial charge in [0.25, 0.3) is 0 Å². The lowest BCUT2D eigenvalue weighted by Gasteiger charge is -2.12. The van der Waals surface area contributed by atoms with Gasteiger partial charge in [0.05, 0.1) is 28.2 Å². The first kappa shape index (κ1) is 21.6. The lowest BCUT2D eigenvalue weighted by atomic mass is 10.0. The fraction of sp³-hybridized carbons (Fsp3) is 0.160. The molecule has 0 unspecified atom stereocenters. The van der Waals surface area contributed by atoms with Crippen molar-refractivity contribution in [3.8, 4) is 5.75 Å². The molecule has 1 N–H and O–H groups in total. The van der Waals surface area contributed by atoms with Crippen molar-refractivity contribution in [3.05, 3.63) is 87.4 Å². The number of hydrogen-bond acceptors (Lipinski definition) is 5. The Hall–Kier alpha value is -3.64. The summed E-state index contributed by atoms with van der Waals surface area (Å²) in [7, 11) is 0. The van der Waals surface area contributed by atoms with Crippen LogP contribution < -0.4 is 15.7 Å². The number of rotatable bonds is 6. The topological polar surface area (TPSA) is 81.4 Å². The molecule has 162 valence electrons. The van der Waals surface area contributed by atoms with Crippen LogP contribution in [0.5, 0.6) is 5.75 Å². The largest absolute Gasteiger partial charge is 0.488 e. The SMILES string of the molecule is C=C(C)COc1cc2oc(=O)c(CC(=O)Nc3cccc4ncccc34)c(C)c2cc1Cl. The van der Waals surface area contributed by atoms with Gasteiger partial charge in [0, 0.05) is 23.0 Å². The fourth-order valence-corrected chi connectivity index (χ4v) is 3.69. The standard InChI is InChI=1S/C25H21ClN2O4/c1-14(2)13-31-23-12-22-17(10-19(23)26)15(3)18(25(30)32-22)11-24(29)28-21-8-4-7-20-16(21)6-5-9-27-20/h4-10,12H,1,11,13H2,2-3H3,(H,28,29). The normalized spacial score (nSPS) is 11.0. The molecule has 4 rings (SSSR count). The molecule has 4 aromatic rings. The number of carbonyl (C=O) groups is 1. The number of anilines is 1. The van der Waals surface area contributed by atoms with Gasteiger partial charge >= 0.3 is 5.63 Å². The van der Waals surface area contributed by atoms with Gasteiger partial charge in [0.15, 0.2) is 0 Å². The highest BCUT2D eigenvalue weighted by atomic mass is 35.5. The number of pyridine rings is 1. The van der Waals surface area contributed by atoms with E-state index in [1.54, 1.807) is 37.4 Å². The lowest BCUT2D eigenvalue weighted by Crippen LogP contribution is -2.20. The van der Waals surface area contributed by atoms with Crippen LogP contribution >= 0.6 is 11.6 Å². The van der Waals surface area contributed by atoms with Gasteiger partial charge in [-0.05, 0) is 55.3 Å². The molecule has 0 aliphatic rings. The van der Waals surface area contributed by atoms with Crippen molar-refractivity contribution >= 4 is 45.1 Å². The molecular formula is C25H21ClN2O4. The molecule has 0 aliphatic carbocycles. The zero-order chi connectivity index (χ0) is 22.8. The van der Waals surface area contributed by atoms with E-state index in [1.165, 1.54) is 0 Å². The first-order valence-electron chi connectivity index (χ1n) is 10.00. The second-order valence-electron chi connectivity index (χ2n) is 7.62. The minimum absolute atomic E-state index is 0.133. The number of nitrogens with one attached hydrogen (secondary N) is 1. The number of fused-ring (bicyclic) bond motifs is 2. The summed E-state index contributed by atoms with van der Waals surface area (Å²) in [5.41, 5.74) is 2.93. The second kappa shape index (κ2) is 8.85. The van der Waals surface area contributed by atoms with Crippen LogP contribution in [0.4, 0.5) is 5.69 Å². The second-order valence-corrected chi connectivity index (χ2v) is 8.03. The first-order valence-corrected chi connectivity index (χ1v) is 10.4. The molecule has 0 atom stereocenters. The predicted molar refractivity (Wildman–Crippen MR) is 127 cm³/mol. The van der Waals surface area contributed by atoms with Crippen LogP contribution in [0.2, 0.25) is 5.02 Å². The number of hydrogen-bond donors (Lipinski definition) is 1. The van der Waals surface area contributed by atoms with Crippen molar-refractivity contribution in [2.75, 3.05) is 11.9 Å². The summed E-state index contributed by atoms with van der Waals surface area (Å²) < 4.78 is 11.1. The van der Waals surface area contributed by atoms with Crippen molar-refractivity contribution < 1.29 is 13.9 Å². The van der Waals surface area contributed by atoms with Crippen LogP contribution in [0.15, 0.2) is 70.0 Å². The summed E-state index contributed by atoms with van der Waals surface area (Å²) in [6.07, 6.45) is 1.56. The molecule has 0 fully saturated rings. The number of aryl methyl sites for hydroxylation is 1. The number of nitrogens with zero attached hydrogens (tertiary/aromatic N) is 1. The smallest absolute Gasteiger partial charge is 0.340 e. The summed E-state index contributed by atoms with van der Waals surface area (Å²) in [5, 5.41) is 4.72. The Morgan fingerprint density at radius 2 is 2.03 bits per heavy atom. The fourth-order valence-electron chi connectivity index (χ4n) is 3.47. The van der Waals surface area contributed by atoms with Crippen molar-refractivity contribution in [2.24, 2.45) is 0 Å². The maximum atomic E-state index is 12.8. The third-order valence-electron chi connectivity index (χ3n) is 5.07. The van der Waals surface area contributed by atoms with Gasteiger partial charge in [-0.15, -0.1) is 0 Å². The molecule has 0 saturated carbocycles. The lowest BCUT2D eigenvalue weighted by molar-refractivity contribution is -0.115. The van der Waals surface area contributed by atoms with E-state index in [9.17, 15) is 9.59 Å². The number of ether oxygens (including phenoxy) is 1. The molecule has 0 aliphatic heterocycles. The number of benzene rings is 2. The van der Waals surface area contributed by atoms with E-state index in [0.29, 0.717) is 39.6 Å². The Labute approximate surface area is 189 Å². The van der Waals surface area contributed by atoms with Crippen LogP contribution in [-0.4, -0.2) is 17.5 Å². The van der Waals surface area contributed by atoms with Gasteiger partial charge in [-0.2, -0.15) is 0 Å². The van der Waals surface area contributed by atoms with E-state index in [1.807, 2.05) is 25.1 Å². The van der Waals surface area contributed by atoms with Crippen molar-refractivity contribution in [3.63, 3.8) is 0 Å². The molecule has 2 aromatic heterocycles. The molecule has 0 radical (unpaired) electrons. The Morgan fingerprint density at radius 1 is 1.22 bits per heavy atom. The van der Waals surface area contributed by atoms with E-state index >= 15 is 0 Å². The maximum Gasteiger partial charge on any atom is 0.340 e. The highest BCUT2D eigenvalue weighted by Gasteiger charge is 2.17. The average Bonchev–Trinajstić information content (AvgIpc) is 2.76. The molecule has 0 bridgehead atoms. The molecule has 2 heterocycles. The molecule has 32 heavy (non-hydrogen) atoms. The molecule has 7 heteroatoms. The highest BCUT2D eigenvalue weighted by Crippen LogP contribution is 2.32. The van der Waals surface area contributed by atoms with E-state index in [2.05, 4.69) is 16.9 Å². The van der Waals surface area contributed by atoms with Crippen LogP contribution in [0, 0.1) is 6.92 Å².